The molecule has 5 nitrogen and oxygen atoms in total. The molecule has 0 atom stereocenters. The summed E-state index contributed by atoms with van der Waals surface area (Å²) >= 11 is 6.18. The number of ether oxygens (including phenoxy) is 2. The number of methoxy groups -OCH3 is 1. The number of aromatic amines is 1. The molecular formula is C22H18ClN3O2. The molecule has 3 aromatic carbocycles. The van der Waals surface area contributed by atoms with Crippen molar-refractivity contribution in [2.75, 3.05) is 7.11 Å². The minimum atomic E-state index is 0.369. The third kappa shape index (κ3) is 4.00. The number of benzene rings is 3. The van der Waals surface area contributed by atoms with E-state index in [1.165, 1.54) is 0 Å². The maximum atomic E-state index is 6.18. The fraction of sp³-hybridized carbons (Fsp3) is 0.0909. The second-order valence-corrected chi connectivity index (χ2v) is 6.60. The molecule has 0 spiro atoms. The maximum Gasteiger partial charge on any atom is 0.161 e. The molecule has 0 saturated heterocycles. The standard InChI is InChI=1S/C22H18ClN3O2/c1-27-22-10-15(12-24-18-8-7-16-13-25-26-20(16)11-18)6-9-21(22)28-14-17-4-2-3-5-19(17)23/h2-13H,14H2,1H3,(H,25,26). The Morgan fingerprint density at radius 3 is 2.82 bits per heavy atom. The molecule has 1 N–H and O–H groups in total. The molecule has 0 fully saturated rings. The fourth-order valence-electron chi connectivity index (χ4n) is 2.81. The Bertz CT molecular complexity index is 1140. The van der Waals surface area contributed by atoms with Gasteiger partial charge in [0.25, 0.3) is 0 Å². The monoisotopic (exact) mass is 391 g/mol. The largest absolute Gasteiger partial charge is 0.493 e. The Labute approximate surface area is 167 Å². The van der Waals surface area contributed by atoms with Crippen molar-refractivity contribution >= 4 is 34.4 Å². The molecule has 0 unspecified atom stereocenters. The van der Waals surface area contributed by atoms with Crippen LogP contribution in [0.4, 0.5) is 5.69 Å². The van der Waals surface area contributed by atoms with Crippen molar-refractivity contribution in [1.29, 1.82) is 0 Å². The van der Waals surface area contributed by atoms with E-state index in [-0.39, 0.29) is 0 Å². The SMILES string of the molecule is COc1cc(C=Nc2ccc3cn[nH]c3c2)ccc1OCc1ccccc1Cl. The molecule has 0 bridgehead atoms. The highest BCUT2D eigenvalue weighted by Crippen LogP contribution is 2.29. The summed E-state index contributed by atoms with van der Waals surface area (Å²) in [7, 11) is 1.62. The predicted molar refractivity (Wildman–Crippen MR) is 112 cm³/mol. The van der Waals surface area contributed by atoms with Crippen LogP contribution in [0.1, 0.15) is 11.1 Å². The van der Waals surface area contributed by atoms with Crippen LogP contribution in [0.2, 0.25) is 5.02 Å². The molecule has 0 saturated carbocycles. The van der Waals surface area contributed by atoms with Gasteiger partial charge in [-0.1, -0.05) is 29.8 Å². The fourth-order valence-corrected chi connectivity index (χ4v) is 3.00. The summed E-state index contributed by atoms with van der Waals surface area (Å²) in [6, 6.07) is 19.2. The number of rotatable bonds is 6. The van der Waals surface area contributed by atoms with Gasteiger partial charge in [0.1, 0.15) is 6.61 Å². The first-order valence-corrected chi connectivity index (χ1v) is 9.12. The van der Waals surface area contributed by atoms with Crippen LogP contribution in [0.15, 0.2) is 71.9 Å². The minimum absolute atomic E-state index is 0.369. The summed E-state index contributed by atoms with van der Waals surface area (Å²) in [6.07, 6.45) is 3.58. The van der Waals surface area contributed by atoms with Gasteiger partial charge in [0, 0.05) is 22.2 Å². The first-order valence-electron chi connectivity index (χ1n) is 8.74. The van der Waals surface area contributed by atoms with Gasteiger partial charge in [0.15, 0.2) is 11.5 Å². The number of hydrogen-bond acceptors (Lipinski definition) is 4. The molecule has 1 aromatic heterocycles. The van der Waals surface area contributed by atoms with Crippen LogP contribution in [-0.2, 0) is 6.61 Å². The number of nitrogens with zero attached hydrogens (tertiary/aromatic N) is 2. The minimum Gasteiger partial charge on any atom is -0.493 e. The number of fused-ring (bicyclic) bond motifs is 1. The molecule has 0 radical (unpaired) electrons. The molecule has 0 amide bonds. The van der Waals surface area contributed by atoms with Crippen molar-refractivity contribution in [3.05, 3.63) is 83.0 Å². The number of halogens is 1. The normalized spacial score (nSPS) is 11.2. The number of hydrogen-bond donors (Lipinski definition) is 1. The zero-order chi connectivity index (χ0) is 19.3. The molecule has 1 heterocycles. The van der Waals surface area contributed by atoms with Gasteiger partial charge in [-0.05, 0) is 48.0 Å². The van der Waals surface area contributed by atoms with Crippen molar-refractivity contribution in [2.24, 2.45) is 4.99 Å². The summed E-state index contributed by atoms with van der Waals surface area (Å²) in [5.74, 6) is 1.29. The first kappa shape index (κ1) is 18.1. The highest BCUT2D eigenvalue weighted by Gasteiger charge is 2.07. The lowest BCUT2D eigenvalue weighted by Crippen LogP contribution is -1.99. The van der Waals surface area contributed by atoms with Gasteiger partial charge in [0.05, 0.1) is 24.5 Å². The maximum absolute atomic E-state index is 6.18. The summed E-state index contributed by atoms with van der Waals surface area (Å²) in [6.45, 7) is 0.369. The highest BCUT2D eigenvalue weighted by molar-refractivity contribution is 6.31. The van der Waals surface area contributed by atoms with E-state index in [9.17, 15) is 0 Å². The van der Waals surface area contributed by atoms with E-state index in [4.69, 9.17) is 21.1 Å². The van der Waals surface area contributed by atoms with Gasteiger partial charge < -0.3 is 9.47 Å². The second-order valence-electron chi connectivity index (χ2n) is 6.19. The molecule has 4 aromatic rings. The third-order valence-corrected chi connectivity index (χ3v) is 4.69. The average molecular weight is 392 g/mol. The van der Waals surface area contributed by atoms with Crippen LogP contribution >= 0.6 is 11.6 Å². The van der Waals surface area contributed by atoms with Crippen LogP contribution < -0.4 is 9.47 Å². The molecule has 0 aliphatic carbocycles. The number of aromatic nitrogens is 2. The summed E-state index contributed by atoms with van der Waals surface area (Å²) in [5.41, 5.74) is 3.63. The topological polar surface area (TPSA) is 59.5 Å². The number of nitrogens with one attached hydrogen (secondary N) is 1. The molecule has 0 aliphatic rings. The van der Waals surface area contributed by atoms with E-state index in [0.29, 0.717) is 23.1 Å². The molecule has 28 heavy (non-hydrogen) atoms. The van der Waals surface area contributed by atoms with Crippen molar-refractivity contribution in [3.63, 3.8) is 0 Å². The van der Waals surface area contributed by atoms with Crippen LogP contribution in [0.3, 0.4) is 0 Å². The predicted octanol–water partition coefficient (Wildman–Crippen LogP) is 5.55. The lowest BCUT2D eigenvalue weighted by molar-refractivity contribution is 0.284. The molecule has 0 aliphatic heterocycles. The number of aliphatic imine (C=N–C) groups is 1. The summed E-state index contributed by atoms with van der Waals surface area (Å²) in [4.78, 5) is 4.53. The van der Waals surface area contributed by atoms with E-state index in [1.54, 1.807) is 19.5 Å². The van der Waals surface area contributed by atoms with Crippen molar-refractivity contribution in [1.82, 2.24) is 10.2 Å². The Kier molecular flexibility index (Phi) is 5.26. The second kappa shape index (κ2) is 8.15. The Morgan fingerprint density at radius 1 is 1.07 bits per heavy atom. The van der Waals surface area contributed by atoms with Gasteiger partial charge in [-0.2, -0.15) is 5.10 Å². The molecule has 6 heteroatoms. The van der Waals surface area contributed by atoms with Gasteiger partial charge in [0.2, 0.25) is 0 Å². The third-order valence-electron chi connectivity index (χ3n) is 4.32. The van der Waals surface area contributed by atoms with Crippen LogP contribution in [0, 0.1) is 0 Å². The van der Waals surface area contributed by atoms with Gasteiger partial charge in [-0.25, -0.2) is 0 Å². The first-order chi connectivity index (χ1) is 13.7. The zero-order valence-corrected chi connectivity index (χ0v) is 16.0. The van der Waals surface area contributed by atoms with Gasteiger partial charge >= 0.3 is 0 Å². The summed E-state index contributed by atoms with van der Waals surface area (Å²) in [5, 5.41) is 8.70. The smallest absolute Gasteiger partial charge is 0.161 e. The van der Waals surface area contributed by atoms with E-state index in [0.717, 1.165) is 27.7 Å². The highest BCUT2D eigenvalue weighted by atomic mass is 35.5. The van der Waals surface area contributed by atoms with Crippen molar-refractivity contribution < 1.29 is 9.47 Å². The average Bonchev–Trinajstić information content (AvgIpc) is 3.20. The van der Waals surface area contributed by atoms with E-state index in [1.807, 2.05) is 60.7 Å². The molecule has 4 rings (SSSR count). The lowest BCUT2D eigenvalue weighted by atomic mass is 10.2. The van der Waals surface area contributed by atoms with Crippen molar-refractivity contribution in [2.45, 2.75) is 6.61 Å². The Balaban J connectivity index is 1.50. The zero-order valence-electron chi connectivity index (χ0n) is 15.2. The number of H-pyrrole nitrogens is 1. The molecule has 140 valence electrons. The van der Waals surface area contributed by atoms with Gasteiger partial charge in [-0.15, -0.1) is 0 Å². The van der Waals surface area contributed by atoms with E-state index in [2.05, 4.69) is 15.2 Å². The van der Waals surface area contributed by atoms with Crippen LogP contribution in [-0.4, -0.2) is 23.5 Å². The van der Waals surface area contributed by atoms with Crippen molar-refractivity contribution in [3.8, 4) is 11.5 Å². The summed E-state index contributed by atoms with van der Waals surface area (Å²) < 4.78 is 11.4. The lowest BCUT2D eigenvalue weighted by Gasteiger charge is -2.12. The van der Waals surface area contributed by atoms with E-state index < -0.39 is 0 Å². The Hall–Kier alpha value is -3.31. The molecular weight excluding hydrogens is 374 g/mol. The Morgan fingerprint density at radius 2 is 1.96 bits per heavy atom. The quantitative estimate of drug-likeness (QED) is 0.438. The van der Waals surface area contributed by atoms with Crippen LogP contribution in [0.5, 0.6) is 11.5 Å². The van der Waals surface area contributed by atoms with Crippen LogP contribution in [0.25, 0.3) is 10.9 Å². The van der Waals surface area contributed by atoms with E-state index >= 15 is 0 Å². The van der Waals surface area contributed by atoms with Gasteiger partial charge in [-0.3, -0.25) is 10.1 Å².